The van der Waals surface area contributed by atoms with Crippen molar-refractivity contribution in [3.8, 4) is 0 Å². The number of amides is 1. The first-order valence-corrected chi connectivity index (χ1v) is 11.2. The van der Waals surface area contributed by atoms with E-state index < -0.39 is 10.0 Å². The van der Waals surface area contributed by atoms with E-state index in [1.807, 2.05) is 35.8 Å². The van der Waals surface area contributed by atoms with Crippen LogP contribution in [-0.4, -0.2) is 41.3 Å². The Morgan fingerprint density at radius 2 is 1.69 bits per heavy atom. The number of aromatic nitrogens is 2. The van der Waals surface area contributed by atoms with Gasteiger partial charge < -0.3 is 9.88 Å². The summed E-state index contributed by atoms with van der Waals surface area (Å²) in [5.41, 5.74) is 2.33. The Bertz CT molecular complexity index is 1100. The molecule has 0 aliphatic heterocycles. The summed E-state index contributed by atoms with van der Waals surface area (Å²) in [6.07, 6.45) is 0.722. The SMILES string of the molecule is CCc1nc2ccccc2n1CC(=O)Nc1ccc(S(=O)(=O)N(CC)CC)cc1. The number of hydrogen-bond acceptors (Lipinski definition) is 4. The fourth-order valence-electron chi connectivity index (χ4n) is 3.34. The van der Waals surface area contributed by atoms with Crippen LogP contribution in [-0.2, 0) is 27.8 Å². The van der Waals surface area contributed by atoms with Gasteiger partial charge in [0, 0.05) is 25.2 Å². The van der Waals surface area contributed by atoms with Gasteiger partial charge in [0.1, 0.15) is 12.4 Å². The topological polar surface area (TPSA) is 84.3 Å². The number of nitrogens with one attached hydrogen (secondary N) is 1. The predicted octanol–water partition coefficient (Wildman–Crippen LogP) is 3.27. The van der Waals surface area contributed by atoms with Gasteiger partial charge in [-0.25, -0.2) is 13.4 Å². The molecule has 0 aliphatic carbocycles. The zero-order valence-corrected chi connectivity index (χ0v) is 17.7. The monoisotopic (exact) mass is 414 g/mol. The molecule has 3 rings (SSSR count). The molecule has 7 nitrogen and oxygen atoms in total. The third-order valence-corrected chi connectivity index (χ3v) is 6.90. The number of benzene rings is 2. The molecule has 3 aromatic rings. The molecule has 1 aromatic heterocycles. The van der Waals surface area contributed by atoms with Gasteiger partial charge in [-0.1, -0.05) is 32.9 Å². The molecule has 0 radical (unpaired) electrons. The molecule has 0 atom stereocenters. The number of carbonyl (C=O) groups is 1. The highest BCUT2D eigenvalue weighted by Crippen LogP contribution is 2.19. The second-order valence-electron chi connectivity index (χ2n) is 6.62. The molecule has 0 unspecified atom stereocenters. The van der Waals surface area contributed by atoms with Crippen LogP contribution in [0.25, 0.3) is 11.0 Å². The number of imidazole rings is 1. The maximum Gasteiger partial charge on any atom is 0.244 e. The van der Waals surface area contributed by atoms with Gasteiger partial charge in [-0.2, -0.15) is 4.31 Å². The number of sulfonamides is 1. The number of carbonyl (C=O) groups excluding carboxylic acids is 1. The number of fused-ring (bicyclic) bond motifs is 1. The van der Waals surface area contributed by atoms with Gasteiger partial charge in [-0.15, -0.1) is 0 Å². The molecule has 2 aromatic carbocycles. The normalized spacial score (nSPS) is 11.9. The first-order chi connectivity index (χ1) is 13.9. The average Bonchev–Trinajstić information content (AvgIpc) is 3.06. The van der Waals surface area contributed by atoms with E-state index in [1.165, 1.54) is 16.4 Å². The Balaban J connectivity index is 1.75. The Morgan fingerprint density at radius 1 is 1.03 bits per heavy atom. The van der Waals surface area contributed by atoms with Gasteiger partial charge in [0.15, 0.2) is 0 Å². The lowest BCUT2D eigenvalue weighted by atomic mass is 10.3. The second kappa shape index (κ2) is 8.75. The summed E-state index contributed by atoms with van der Waals surface area (Å²) in [4.78, 5) is 17.4. The highest BCUT2D eigenvalue weighted by Gasteiger charge is 2.21. The Morgan fingerprint density at radius 3 is 2.31 bits per heavy atom. The van der Waals surface area contributed by atoms with Crippen molar-refractivity contribution in [3.05, 3.63) is 54.4 Å². The van der Waals surface area contributed by atoms with E-state index in [2.05, 4.69) is 10.3 Å². The van der Waals surface area contributed by atoms with Crippen LogP contribution < -0.4 is 5.32 Å². The number of rotatable bonds is 8. The van der Waals surface area contributed by atoms with E-state index in [0.717, 1.165) is 23.3 Å². The minimum absolute atomic E-state index is 0.142. The second-order valence-corrected chi connectivity index (χ2v) is 8.56. The van der Waals surface area contributed by atoms with Crippen LogP contribution in [0, 0.1) is 0 Å². The van der Waals surface area contributed by atoms with Crippen molar-refractivity contribution in [2.24, 2.45) is 0 Å². The number of para-hydroxylation sites is 2. The summed E-state index contributed by atoms with van der Waals surface area (Å²) in [7, 11) is -3.51. The zero-order chi connectivity index (χ0) is 21.0. The third-order valence-electron chi connectivity index (χ3n) is 4.83. The number of aryl methyl sites for hydroxylation is 1. The van der Waals surface area contributed by atoms with Crippen LogP contribution >= 0.6 is 0 Å². The van der Waals surface area contributed by atoms with Crippen molar-refractivity contribution < 1.29 is 13.2 Å². The molecule has 8 heteroatoms. The minimum Gasteiger partial charge on any atom is -0.325 e. The lowest BCUT2D eigenvalue weighted by Crippen LogP contribution is -2.30. The maximum absolute atomic E-state index is 12.6. The fourth-order valence-corrected chi connectivity index (χ4v) is 4.80. The van der Waals surface area contributed by atoms with Crippen molar-refractivity contribution in [1.29, 1.82) is 0 Å². The Labute approximate surface area is 171 Å². The van der Waals surface area contributed by atoms with Crippen LogP contribution in [0.4, 0.5) is 5.69 Å². The lowest BCUT2D eigenvalue weighted by molar-refractivity contribution is -0.116. The molecule has 1 amide bonds. The van der Waals surface area contributed by atoms with Gasteiger partial charge in [0.2, 0.25) is 15.9 Å². The van der Waals surface area contributed by atoms with Crippen molar-refractivity contribution in [2.45, 2.75) is 38.6 Å². The van der Waals surface area contributed by atoms with Crippen LogP contribution in [0.1, 0.15) is 26.6 Å². The van der Waals surface area contributed by atoms with Crippen molar-refractivity contribution in [2.75, 3.05) is 18.4 Å². The van der Waals surface area contributed by atoms with Crippen LogP contribution in [0.2, 0.25) is 0 Å². The van der Waals surface area contributed by atoms with Gasteiger partial charge in [0.25, 0.3) is 0 Å². The molecule has 1 N–H and O–H groups in total. The third kappa shape index (κ3) is 4.33. The average molecular weight is 415 g/mol. The largest absolute Gasteiger partial charge is 0.325 e. The van der Waals surface area contributed by atoms with Crippen LogP contribution in [0.5, 0.6) is 0 Å². The van der Waals surface area contributed by atoms with Gasteiger partial charge in [-0.05, 0) is 36.4 Å². The smallest absolute Gasteiger partial charge is 0.244 e. The maximum atomic E-state index is 12.6. The van der Waals surface area contributed by atoms with E-state index in [4.69, 9.17) is 0 Å². The Kier molecular flexibility index (Phi) is 6.34. The fraction of sp³-hybridized carbons (Fsp3) is 0.333. The molecule has 154 valence electrons. The standard InChI is InChI=1S/C21H26N4O3S/c1-4-20-23-18-9-7-8-10-19(18)25(20)15-21(26)22-16-11-13-17(14-12-16)29(27,28)24(5-2)6-3/h7-14H,4-6,15H2,1-3H3,(H,22,26). The van der Waals surface area contributed by atoms with E-state index in [-0.39, 0.29) is 17.3 Å². The summed E-state index contributed by atoms with van der Waals surface area (Å²) in [5.74, 6) is 0.657. The molecule has 0 spiro atoms. The molecule has 29 heavy (non-hydrogen) atoms. The van der Waals surface area contributed by atoms with Crippen molar-refractivity contribution in [3.63, 3.8) is 0 Å². The lowest BCUT2D eigenvalue weighted by Gasteiger charge is -2.18. The summed E-state index contributed by atoms with van der Waals surface area (Å²) < 4.78 is 28.4. The highest BCUT2D eigenvalue weighted by molar-refractivity contribution is 7.89. The summed E-state index contributed by atoms with van der Waals surface area (Å²) in [6, 6.07) is 14.0. The van der Waals surface area contributed by atoms with Gasteiger partial charge in [0.05, 0.1) is 15.9 Å². The molecular formula is C21H26N4O3S. The predicted molar refractivity (Wildman–Crippen MR) is 114 cm³/mol. The molecule has 0 fully saturated rings. The van der Waals surface area contributed by atoms with Gasteiger partial charge >= 0.3 is 0 Å². The number of anilines is 1. The van der Waals surface area contributed by atoms with E-state index in [1.54, 1.807) is 26.0 Å². The van der Waals surface area contributed by atoms with Crippen molar-refractivity contribution >= 4 is 32.7 Å². The number of hydrogen-bond donors (Lipinski definition) is 1. The van der Waals surface area contributed by atoms with Crippen LogP contribution in [0.3, 0.4) is 0 Å². The van der Waals surface area contributed by atoms with Crippen molar-refractivity contribution in [1.82, 2.24) is 13.9 Å². The first kappa shape index (κ1) is 21.0. The van der Waals surface area contributed by atoms with E-state index in [9.17, 15) is 13.2 Å². The summed E-state index contributed by atoms with van der Waals surface area (Å²) in [6.45, 7) is 6.58. The molecular weight excluding hydrogens is 388 g/mol. The Hall–Kier alpha value is -2.71. The van der Waals surface area contributed by atoms with Gasteiger partial charge in [-0.3, -0.25) is 4.79 Å². The molecule has 0 saturated heterocycles. The zero-order valence-electron chi connectivity index (χ0n) is 16.9. The molecule has 0 aliphatic rings. The molecule has 0 bridgehead atoms. The quantitative estimate of drug-likeness (QED) is 0.613. The van der Waals surface area contributed by atoms with Crippen LogP contribution in [0.15, 0.2) is 53.4 Å². The summed E-state index contributed by atoms with van der Waals surface area (Å²) in [5, 5.41) is 2.84. The van der Waals surface area contributed by atoms with E-state index in [0.29, 0.717) is 18.8 Å². The summed E-state index contributed by atoms with van der Waals surface area (Å²) >= 11 is 0. The number of nitrogens with zero attached hydrogens (tertiary/aromatic N) is 3. The molecule has 0 saturated carbocycles. The van der Waals surface area contributed by atoms with E-state index >= 15 is 0 Å². The minimum atomic E-state index is -3.51. The molecule has 1 heterocycles. The highest BCUT2D eigenvalue weighted by atomic mass is 32.2. The first-order valence-electron chi connectivity index (χ1n) is 9.74.